The van der Waals surface area contributed by atoms with Crippen molar-refractivity contribution in [2.75, 3.05) is 13.1 Å². The first kappa shape index (κ1) is 31.4. The van der Waals surface area contributed by atoms with E-state index < -0.39 is 23.3 Å². The van der Waals surface area contributed by atoms with Crippen molar-refractivity contribution in [3.8, 4) is 0 Å². The van der Waals surface area contributed by atoms with E-state index >= 15 is 0 Å². The molecule has 0 aromatic heterocycles. The Balaban J connectivity index is 1.68. The zero-order valence-corrected chi connectivity index (χ0v) is 27.4. The summed E-state index contributed by atoms with van der Waals surface area (Å²) in [6.07, 6.45) is 9.17. The van der Waals surface area contributed by atoms with Crippen molar-refractivity contribution < 1.29 is 17.8 Å². The fourth-order valence-corrected chi connectivity index (χ4v) is 16.2. The summed E-state index contributed by atoms with van der Waals surface area (Å²) in [5, 5.41) is 11.6. The van der Waals surface area contributed by atoms with E-state index in [0.717, 1.165) is 32.1 Å². The van der Waals surface area contributed by atoms with E-state index in [0.29, 0.717) is 48.0 Å². The maximum absolute atomic E-state index is 13.7. The highest BCUT2D eigenvalue weighted by atomic mass is 32.2. The van der Waals surface area contributed by atoms with Crippen LogP contribution in [-0.4, -0.2) is 45.2 Å². The molecular weight excluding hydrogens is 541 g/mol. The molecule has 3 aliphatic rings. The van der Waals surface area contributed by atoms with Gasteiger partial charge in [0, 0.05) is 24.6 Å². The lowest BCUT2D eigenvalue weighted by Crippen LogP contribution is -2.57. The standard InChI is InChI=1S/C31H50N2O5SSi/c1-22(2)40(23(3)4,24(5)6)38-30-21-25(7)20-27-16-15-26-12-10-18-32(19-11-17-31(26,27)30)39(36,37)29-14-9-8-13-28(29)33(34)35/h8-9,13-15,22-25,27,30H,10-12,16-21H2,1-7H3/t25-,27+,30+,31-/m1/s1. The number of benzene rings is 1. The summed E-state index contributed by atoms with van der Waals surface area (Å²) >= 11 is 0. The second kappa shape index (κ2) is 12.0. The van der Waals surface area contributed by atoms with Crippen LogP contribution in [0.3, 0.4) is 0 Å². The van der Waals surface area contributed by atoms with Crippen LogP contribution in [0.4, 0.5) is 5.69 Å². The number of allylic oxidation sites excluding steroid dienone is 1. The van der Waals surface area contributed by atoms with Crippen molar-refractivity contribution in [3.05, 3.63) is 46.0 Å². The highest BCUT2D eigenvalue weighted by Gasteiger charge is 2.57. The van der Waals surface area contributed by atoms with Gasteiger partial charge in [-0.15, -0.1) is 0 Å². The van der Waals surface area contributed by atoms with Crippen LogP contribution >= 0.6 is 0 Å². The van der Waals surface area contributed by atoms with Crippen molar-refractivity contribution in [3.63, 3.8) is 0 Å². The third-order valence-corrected chi connectivity index (χ3v) is 18.5. The molecule has 1 heterocycles. The molecule has 1 saturated heterocycles. The number of para-hydroxylation sites is 1. The van der Waals surface area contributed by atoms with Gasteiger partial charge in [0.05, 0.1) is 11.0 Å². The van der Waals surface area contributed by atoms with Crippen LogP contribution in [0, 0.1) is 27.4 Å². The minimum absolute atomic E-state index is 0.0397. The van der Waals surface area contributed by atoms with Crippen molar-refractivity contribution in [2.24, 2.45) is 17.3 Å². The summed E-state index contributed by atoms with van der Waals surface area (Å²) in [5.74, 6) is 1.14. The lowest BCUT2D eigenvalue weighted by molar-refractivity contribution is -0.387. The number of nitro groups is 1. The van der Waals surface area contributed by atoms with Crippen LogP contribution in [0.2, 0.25) is 16.6 Å². The summed E-state index contributed by atoms with van der Waals surface area (Å²) in [6, 6.07) is 5.73. The number of sulfonamides is 1. The van der Waals surface area contributed by atoms with Crippen LogP contribution < -0.4 is 0 Å². The molecule has 1 aromatic rings. The van der Waals surface area contributed by atoms with Gasteiger partial charge in [0.2, 0.25) is 18.3 Å². The van der Waals surface area contributed by atoms with E-state index in [1.54, 1.807) is 6.07 Å². The minimum Gasteiger partial charge on any atom is -0.412 e. The van der Waals surface area contributed by atoms with Gasteiger partial charge in [0.25, 0.3) is 5.69 Å². The van der Waals surface area contributed by atoms with Crippen molar-refractivity contribution in [2.45, 2.75) is 121 Å². The summed E-state index contributed by atoms with van der Waals surface area (Å²) in [6.45, 7) is 17.3. The number of hydrogen-bond donors (Lipinski definition) is 0. The topological polar surface area (TPSA) is 89.8 Å². The average Bonchev–Trinajstić information content (AvgIpc) is 3.26. The van der Waals surface area contributed by atoms with Gasteiger partial charge in [-0.3, -0.25) is 10.1 Å². The fourth-order valence-electron chi connectivity index (χ4n) is 8.86. The zero-order valence-electron chi connectivity index (χ0n) is 25.6. The summed E-state index contributed by atoms with van der Waals surface area (Å²) in [5.41, 5.74) is 2.61. The van der Waals surface area contributed by atoms with E-state index in [1.807, 2.05) is 0 Å². The Morgan fingerprint density at radius 2 is 1.65 bits per heavy atom. The molecule has 0 unspecified atom stereocenters. The molecule has 40 heavy (non-hydrogen) atoms. The summed E-state index contributed by atoms with van der Waals surface area (Å²) in [4.78, 5) is 10.8. The molecule has 1 aromatic carbocycles. The van der Waals surface area contributed by atoms with Crippen molar-refractivity contribution >= 4 is 24.0 Å². The second-order valence-corrected chi connectivity index (χ2v) is 20.9. The van der Waals surface area contributed by atoms with Gasteiger partial charge < -0.3 is 4.43 Å². The number of nitrogens with zero attached hydrogens (tertiary/aromatic N) is 2. The summed E-state index contributed by atoms with van der Waals surface area (Å²) in [7, 11) is -6.12. The molecule has 7 nitrogen and oxygen atoms in total. The molecule has 0 radical (unpaired) electrons. The van der Waals surface area contributed by atoms with Crippen LogP contribution in [0.1, 0.15) is 93.4 Å². The molecular formula is C31H50N2O5SSi. The Bertz CT molecular complexity index is 1190. The monoisotopic (exact) mass is 590 g/mol. The van der Waals surface area contributed by atoms with Gasteiger partial charge in [-0.25, -0.2) is 8.42 Å². The van der Waals surface area contributed by atoms with Crippen LogP contribution in [0.15, 0.2) is 40.8 Å². The molecule has 1 aliphatic heterocycles. The third-order valence-electron chi connectivity index (χ3n) is 10.4. The van der Waals surface area contributed by atoms with Crippen LogP contribution in [-0.2, 0) is 14.4 Å². The first-order valence-electron chi connectivity index (χ1n) is 15.4. The number of rotatable bonds is 8. The molecule has 0 N–H and O–H groups in total. The van der Waals surface area contributed by atoms with E-state index in [4.69, 9.17) is 4.43 Å². The first-order valence-corrected chi connectivity index (χ1v) is 19.0. The molecule has 2 aliphatic carbocycles. The minimum atomic E-state index is -3.99. The second-order valence-electron chi connectivity index (χ2n) is 13.5. The van der Waals surface area contributed by atoms with E-state index in [-0.39, 0.29) is 22.1 Å². The molecule has 0 bridgehead atoms. The lowest BCUT2D eigenvalue weighted by atomic mass is 9.58. The number of hydrogen-bond acceptors (Lipinski definition) is 5. The average molecular weight is 591 g/mol. The molecule has 1 spiro atoms. The van der Waals surface area contributed by atoms with E-state index in [1.165, 1.54) is 34.5 Å². The van der Waals surface area contributed by atoms with Crippen LogP contribution in [0.5, 0.6) is 0 Å². The maximum Gasteiger partial charge on any atom is 0.289 e. The molecule has 224 valence electrons. The maximum atomic E-state index is 13.7. The largest absolute Gasteiger partial charge is 0.412 e. The van der Waals surface area contributed by atoms with Gasteiger partial charge in [0.15, 0.2) is 4.90 Å². The van der Waals surface area contributed by atoms with Crippen LogP contribution in [0.25, 0.3) is 0 Å². The first-order chi connectivity index (χ1) is 18.8. The molecule has 9 heteroatoms. The Morgan fingerprint density at radius 1 is 1.02 bits per heavy atom. The van der Waals surface area contributed by atoms with Crippen molar-refractivity contribution in [1.29, 1.82) is 0 Å². The molecule has 0 amide bonds. The highest BCUT2D eigenvalue weighted by molar-refractivity contribution is 7.89. The normalized spacial score (nSPS) is 28.6. The highest BCUT2D eigenvalue weighted by Crippen LogP contribution is 2.61. The summed E-state index contributed by atoms with van der Waals surface area (Å²) < 4.78 is 36.6. The van der Waals surface area contributed by atoms with E-state index in [9.17, 15) is 18.5 Å². The molecule has 2 fully saturated rings. The zero-order chi connectivity index (χ0) is 29.5. The van der Waals surface area contributed by atoms with Gasteiger partial charge in [-0.05, 0) is 79.5 Å². The Labute approximate surface area is 243 Å². The van der Waals surface area contributed by atoms with Gasteiger partial charge in [-0.1, -0.05) is 72.2 Å². The van der Waals surface area contributed by atoms with E-state index in [2.05, 4.69) is 54.5 Å². The number of nitro benzene ring substituents is 1. The molecule has 4 atom stereocenters. The third kappa shape index (κ3) is 5.36. The Morgan fingerprint density at radius 3 is 2.27 bits per heavy atom. The Kier molecular flexibility index (Phi) is 9.40. The van der Waals surface area contributed by atoms with Crippen molar-refractivity contribution in [1.82, 2.24) is 4.31 Å². The lowest BCUT2D eigenvalue weighted by Gasteiger charge is -2.55. The quantitative estimate of drug-likeness (QED) is 0.132. The molecule has 4 rings (SSSR count). The fraction of sp³-hybridized carbons (Fsp3) is 0.742. The Hall–Kier alpha value is -1.55. The van der Waals surface area contributed by atoms with Gasteiger partial charge in [-0.2, -0.15) is 4.31 Å². The van der Waals surface area contributed by atoms with Gasteiger partial charge >= 0.3 is 0 Å². The smallest absolute Gasteiger partial charge is 0.289 e. The predicted octanol–water partition coefficient (Wildman–Crippen LogP) is 8.08. The predicted molar refractivity (Wildman–Crippen MR) is 163 cm³/mol. The molecule has 1 saturated carbocycles. The SMILES string of the molecule is CC(C)[Si](O[C@H]1C[C@H](C)C[C@@H]2CC=C3CCCN(S(=O)(=O)c4ccccc4[N+](=O)[O-])CCC[C@@]321)(C(C)C)C(C)C. The van der Waals surface area contributed by atoms with Gasteiger partial charge in [0.1, 0.15) is 0 Å².